The van der Waals surface area contributed by atoms with E-state index in [9.17, 15) is 0 Å². The van der Waals surface area contributed by atoms with Gasteiger partial charge in [-0.05, 0) is 32.1 Å². The van der Waals surface area contributed by atoms with Crippen LogP contribution in [0.15, 0.2) is 6.20 Å². The van der Waals surface area contributed by atoms with Crippen molar-refractivity contribution in [2.24, 2.45) is 5.73 Å². The summed E-state index contributed by atoms with van der Waals surface area (Å²) in [5, 5.41) is 0.827. The molecular formula is C16H25N3S. The fourth-order valence-electron chi connectivity index (χ4n) is 3.28. The first-order valence-electron chi connectivity index (χ1n) is 8.05. The topological polar surface area (TPSA) is 51.8 Å². The Morgan fingerprint density at radius 3 is 2.75 bits per heavy atom. The molecule has 1 atom stereocenters. The molecule has 110 valence electrons. The highest BCUT2D eigenvalue weighted by Gasteiger charge is 2.18. The van der Waals surface area contributed by atoms with Gasteiger partial charge >= 0.3 is 0 Å². The minimum Gasteiger partial charge on any atom is -0.324 e. The van der Waals surface area contributed by atoms with Gasteiger partial charge < -0.3 is 5.73 Å². The molecule has 0 spiro atoms. The van der Waals surface area contributed by atoms with Crippen LogP contribution in [0.2, 0.25) is 0 Å². The van der Waals surface area contributed by atoms with Crippen LogP contribution in [0.4, 0.5) is 0 Å². The summed E-state index contributed by atoms with van der Waals surface area (Å²) >= 11 is 2.05. The molecule has 2 aliphatic rings. The Hall–Kier alpha value is -0.610. The second-order valence-corrected chi connectivity index (χ2v) is 7.40. The highest BCUT2D eigenvalue weighted by molar-refractivity contribution is 7.99. The highest BCUT2D eigenvalue weighted by atomic mass is 32.2. The molecule has 0 radical (unpaired) electrons. The average molecular weight is 291 g/mol. The molecule has 1 heterocycles. The van der Waals surface area contributed by atoms with Gasteiger partial charge in [0.1, 0.15) is 5.82 Å². The summed E-state index contributed by atoms with van der Waals surface area (Å²) in [4.78, 5) is 9.35. The van der Waals surface area contributed by atoms with E-state index in [1.165, 1.54) is 56.2 Å². The van der Waals surface area contributed by atoms with E-state index in [1.807, 2.05) is 6.20 Å². The summed E-state index contributed by atoms with van der Waals surface area (Å²) in [6.45, 7) is 0. The van der Waals surface area contributed by atoms with Gasteiger partial charge in [-0.2, -0.15) is 11.8 Å². The number of aromatic nitrogens is 2. The molecule has 3 nitrogen and oxygen atoms in total. The number of hydrogen-bond acceptors (Lipinski definition) is 4. The average Bonchev–Trinajstić information content (AvgIpc) is 2.68. The lowest BCUT2D eigenvalue weighted by molar-refractivity contribution is 0.516. The molecular weight excluding hydrogens is 266 g/mol. The van der Waals surface area contributed by atoms with E-state index in [0.29, 0.717) is 0 Å². The number of nitrogens with zero attached hydrogens (tertiary/aromatic N) is 2. The Balaban J connectivity index is 1.64. The van der Waals surface area contributed by atoms with Crippen LogP contribution < -0.4 is 5.73 Å². The number of fused-ring (bicyclic) bond motifs is 1. The van der Waals surface area contributed by atoms with Crippen LogP contribution in [-0.4, -0.2) is 15.2 Å². The maximum absolute atomic E-state index is 6.20. The molecule has 0 amide bonds. The number of hydrogen-bond donors (Lipinski definition) is 1. The number of nitrogens with two attached hydrogens (primary N) is 1. The molecule has 1 aromatic heterocycles. The molecule has 20 heavy (non-hydrogen) atoms. The zero-order valence-electron chi connectivity index (χ0n) is 12.2. The van der Waals surface area contributed by atoms with Crippen molar-refractivity contribution in [3.8, 4) is 0 Å². The third kappa shape index (κ3) is 3.53. The molecule has 1 saturated carbocycles. The summed E-state index contributed by atoms with van der Waals surface area (Å²) in [6, 6.07) is 0.146. The Morgan fingerprint density at radius 1 is 1.10 bits per heavy atom. The molecule has 3 rings (SSSR count). The lowest BCUT2D eigenvalue weighted by atomic mass is 10.0. The fourth-order valence-corrected chi connectivity index (χ4v) is 4.47. The van der Waals surface area contributed by atoms with Gasteiger partial charge in [0.25, 0.3) is 0 Å². The molecule has 0 saturated heterocycles. The van der Waals surface area contributed by atoms with E-state index in [2.05, 4.69) is 16.7 Å². The van der Waals surface area contributed by atoms with Crippen LogP contribution in [0.3, 0.4) is 0 Å². The van der Waals surface area contributed by atoms with Crippen LogP contribution in [0.25, 0.3) is 0 Å². The standard InChI is InChI=1S/C16H25N3S/c17-14-8-4-5-9-15-13(14)10-18-16(19-15)11-20-12-6-2-1-3-7-12/h10,12,14H,1-9,11,17H2. The van der Waals surface area contributed by atoms with Gasteiger partial charge in [-0.3, -0.25) is 0 Å². The van der Waals surface area contributed by atoms with Crippen molar-refractivity contribution in [1.82, 2.24) is 9.97 Å². The van der Waals surface area contributed by atoms with E-state index < -0.39 is 0 Å². The van der Waals surface area contributed by atoms with Gasteiger partial charge in [0, 0.05) is 28.7 Å². The van der Waals surface area contributed by atoms with Crippen LogP contribution in [0, 0.1) is 0 Å². The van der Waals surface area contributed by atoms with Crippen LogP contribution in [-0.2, 0) is 12.2 Å². The van der Waals surface area contributed by atoms with Gasteiger partial charge in [0.05, 0.1) is 5.75 Å². The first-order chi connectivity index (χ1) is 9.83. The third-order valence-electron chi connectivity index (χ3n) is 4.53. The Morgan fingerprint density at radius 2 is 1.90 bits per heavy atom. The van der Waals surface area contributed by atoms with Crippen LogP contribution in [0.1, 0.15) is 74.5 Å². The lowest BCUT2D eigenvalue weighted by Crippen LogP contribution is -2.13. The van der Waals surface area contributed by atoms with E-state index in [4.69, 9.17) is 10.7 Å². The van der Waals surface area contributed by atoms with E-state index in [-0.39, 0.29) is 6.04 Å². The van der Waals surface area contributed by atoms with E-state index in [1.54, 1.807) is 0 Å². The van der Waals surface area contributed by atoms with Crippen LogP contribution >= 0.6 is 11.8 Å². The first-order valence-corrected chi connectivity index (χ1v) is 9.09. The van der Waals surface area contributed by atoms with E-state index in [0.717, 1.165) is 29.7 Å². The minimum atomic E-state index is 0.146. The van der Waals surface area contributed by atoms with Gasteiger partial charge in [-0.25, -0.2) is 9.97 Å². The minimum absolute atomic E-state index is 0.146. The fraction of sp³-hybridized carbons (Fsp3) is 0.750. The van der Waals surface area contributed by atoms with Crippen molar-refractivity contribution in [3.05, 3.63) is 23.3 Å². The molecule has 0 aliphatic heterocycles. The summed E-state index contributed by atoms with van der Waals surface area (Å²) < 4.78 is 0. The van der Waals surface area contributed by atoms with Crippen molar-refractivity contribution in [2.75, 3.05) is 0 Å². The number of thioether (sulfide) groups is 1. The third-order valence-corrected chi connectivity index (χ3v) is 5.90. The first kappa shape index (κ1) is 14.3. The molecule has 1 unspecified atom stereocenters. The zero-order valence-corrected chi connectivity index (χ0v) is 13.0. The maximum Gasteiger partial charge on any atom is 0.138 e. The summed E-state index contributed by atoms with van der Waals surface area (Å²) in [7, 11) is 0. The monoisotopic (exact) mass is 291 g/mol. The smallest absolute Gasteiger partial charge is 0.138 e. The Bertz CT molecular complexity index is 443. The van der Waals surface area contributed by atoms with Gasteiger partial charge in [0.2, 0.25) is 0 Å². The summed E-state index contributed by atoms with van der Waals surface area (Å²) in [5.74, 6) is 1.97. The van der Waals surface area contributed by atoms with Crippen molar-refractivity contribution in [3.63, 3.8) is 0 Å². The number of rotatable bonds is 3. The predicted molar refractivity (Wildman–Crippen MR) is 84.7 cm³/mol. The Kier molecular flexibility index (Phi) is 4.94. The normalized spacial score (nSPS) is 24.1. The summed E-state index contributed by atoms with van der Waals surface area (Å²) in [6.07, 6.45) is 13.5. The molecule has 4 heteroatoms. The second-order valence-electron chi connectivity index (χ2n) is 6.11. The van der Waals surface area contributed by atoms with Crippen molar-refractivity contribution in [2.45, 2.75) is 74.8 Å². The zero-order chi connectivity index (χ0) is 13.8. The van der Waals surface area contributed by atoms with Crippen molar-refractivity contribution >= 4 is 11.8 Å². The summed E-state index contributed by atoms with van der Waals surface area (Å²) in [5.41, 5.74) is 8.60. The highest BCUT2D eigenvalue weighted by Crippen LogP contribution is 2.30. The Labute approximate surface area is 126 Å². The van der Waals surface area contributed by atoms with Gasteiger partial charge in [0.15, 0.2) is 0 Å². The molecule has 0 aromatic carbocycles. The largest absolute Gasteiger partial charge is 0.324 e. The molecule has 1 aromatic rings. The maximum atomic E-state index is 6.20. The molecule has 1 fully saturated rings. The second kappa shape index (κ2) is 6.90. The van der Waals surface area contributed by atoms with Crippen molar-refractivity contribution in [1.29, 1.82) is 0 Å². The predicted octanol–water partition coefficient (Wildman–Crippen LogP) is 3.77. The lowest BCUT2D eigenvalue weighted by Gasteiger charge is -2.20. The molecule has 0 bridgehead atoms. The SMILES string of the molecule is NC1CCCCc2nc(CSC3CCCCC3)ncc21. The quantitative estimate of drug-likeness (QED) is 0.861. The van der Waals surface area contributed by atoms with Crippen LogP contribution in [0.5, 0.6) is 0 Å². The van der Waals surface area contributed by atoms with E-state index >= 15 is 0 Å². The van der Waals surface area contributed by atoms with Gasteiger partial charge in [-0.1, -0.05) is 25.7 Å². The number of aryl methyl sites for hydroxylation is 1. The van der Waals surface area contributed by atoms with Crippen molar-refractivity contribution < 1.29 is 0 Å². The molecule has 2 aliphatic carbocycles. The van der Waals surface area contributed by atoms with Gasteiger partial charge in [-0.15, -0.1) is 0 Å². The molecule has 2 N–H and O–H groups in total.